The van der Waals surface area contributed by atoms with E-state index in [-0.39, 0.29) is 12.5 Å². The molecule has 3 aromatic rings. The first-order valence-corrected chi connectivity index (χ1v) is 8.18. The Labute approximate surface area is 145 Å². The van der Waals surface area contributed by atoms with Crippen LogP contribution in [-0.4, -0.2) is 25.0 Å². The number of carbonyl (C=O) groups excluding carboxylic acids is 1. The number of nitrogens with one attached hydrogen (secondary N) is 1. The quantitative estimate of drug-likeness (QED) is 0.726. The summed E-state index contributed by atoms with van der Waals surface area (Å²) in [7, 11) is 0. The van der Waals surface area contributed by atoms with E-state index in [4.69, 9.17) is 12.2 Å². The molecule has 0 unspecified atom stereocenters. The fourth-order valence-corrected chi connectivity index (χ4v) is 2.83. The van der Waals surface area contributed by atoms with Gasteiger partial charge in [0.25, 0.3) is 0 Å². The molecule has 2 aromatic heterocycles. The summed E-state index contributed by atoms with van der Waals surface area (Å²) < 4.78 is 5.61. The Hall–Kier alpha value is -2.67. The molecule has 0 radical (unpaired) electrons. The maximum absolute atomic E-state index is 12.3. The lowest BCUT2D eigenvalue weighted by Crippen LogP contribution is -2.20. The molecule has 1 N–H and O–H groups in total. The molecular weight excluding hydrogens is 322 g/mol. The minimum absolute atomic E-state index is 0.0729. The molecule has 0 bridgehead atoms. The zero-order valence-corrected chi connectivity index (χ0v) is 14.5. The van der Waals surface area contributed by atoms with Gasteiger partial charge >= 0.3 is 0 Å². The number of hydrogen-bond acceptors (Lipinski definition) is 3. The predicted octanol–water partition coefficient (Wildman–Crippen LogP) is 3.04. The molecule has 0 atom stereocenters. The third kappa shape index (κ3) is 3.30. The van der Waals surface area contributed by atoms with Crippen molar-refractivity contribution in [2.45, 2.75) is 26.8 Å². The highest BCUT2D eigenvalue weighted by atomic mass is 32.1. The predicted molar refractivity (Wildman–Crippen MR) is 95.5 cm³/mol. The van der Waals surface area contributed by atoms with Gasteiger partial charge in [-0.15, -0.1) is 0 Å². The highest BCUT2D eigenvalue weighted by Gasteiger charge is 2.11. The molecule has 7 heteroatoms. The SMILES string of the molecule is CCc1ccc(NC(=O)Cn2nc(C)n(-n3cccc3)c2=S)cc1. The number of anilines is 1. The molecule has 6 nitrogen and oxygen atoms in total. The number of amides is 1. The van der Waals surface area contributed by atoms with E-state index in [0.717, 1.165) is 17.9 Å². The van der Waals surface area contributed by atoms with Crippen molar-refractivity contribution in [3.8, 4) is 0 Å². The summed E-state index contributed by atoms with van der Waals surface area (Å²) in [6, 6.07) is 11.6. The lowest BCUT2D eigenvalue weighted by atomic mass is 10.1. The molecule has 0 aliphatic carbocycles. The van der Waals surface area contributed by atoms with Crippen molar-refractivity contribution in [1.29, 1.82) is 0 Å². The Morgan fingerprint density at radius 3 is 2.50 bits per heavy atom. The lowest BCUT2D eigenvalue weighted by molar-refractivity contribution is -0.116. The zero-order chi connectivity index (χ0) is 17.1. The van der Waals surface area contributed by atoms with Crippen molar-refractivity contribution in [3.63, 3.8) is 0 Å². The van der Waals surface area contributed by atoms with E-state index in [9.17, 15) is 4.79 Å². The van der Waals surface area contributed by atoms with Gasteiger partial charge < -0.3 is 5.32 Å². The lowest BCUT2D eigenvalue weighted by Gasteiger charge is -2.06. The highest BCUT2D eigenvalue weighted by molar-refractivity contribution is 7.71. The Morgan fingerprint density at radius 2 is 1.88 bits per heavy atom. The zero-order valence-electron chi connectivity index (χ0n) is 13.6. The first-order chi connectivity index (χ1) is 11.6. The molecule has 1 aromatic carbocycles. The molecule has 0 aliphatic rings. The summed E-state index contributed by atoms with van der Waals surface area (Å²) in [4.78, 5) is 12.3. The third-order valence-corrected chi connectivity index (χ3v) is 4.12. The molecule has 0 spiro atoms. The summed E-state index contributed by atoms with van der Waals surface area (Å²) in [5.41, 5.74) is 2.00. The van der Waals surface area contributed by atoms with Gasteiger partial charge in [0.1, 0.15) is 12.4 Å². The smallest absolute Gasteiger partial charge is 0.246 e. The monoisotopic (exact) mass is 341 g/mol. The number of aryl methyl sites for hydroxylation is 2. The van der Waals surface area contributed by atoms with Gasteiger partial charge in [-0.2, -0.15) is 5.10 Å². The van der Waals surface area contributed by atoms with E-state index in [1.54, 1.807) is 4.68 Å². The fraction of sp³-hybridized carbons (Fsp3) is 0.235. The number of carbonyl (C=O) groups is 1. The minimum Gasteiger partial charge on any atom is -0.324 e. The van der Waals surface area contributed by atoms with Gasteiger partial charge in [-0.05, 0) is 55.4 Å². The Morgan fingerprint density at radius 1 is 1.21 bits per heavy atom. The van der Waals surface area contributed by atoms with E-state index in [0.29, 0.717) is 4.77 Å². The molecule has 0 saturated carbocycles. The highest BCUT2D eigenvalue weighted by Crippen LogP contribution is 2.10. The summed E-state index contributed by atoms with van der Waals surface area (Å²) in [6.45, 7) is 4.02. The number of nitrogens with zero attached hydrogens (tertiary/aromatic N) is 4. The van der Waals surface area contributed by atoms with E-state index >= 15 is 0 Å². The second kappa shape index (κ2) is 6.84. The van der Waals surface area contributed by atoms with Gasteiger partial charge in [0.15, 0.2) is 0 Å². The van der Waals surface area contributed by atoms with Crippen LogP contribution >= 0.6 is 12.2 Å². The Bertz CT molecular complexity index is 890. The molecule has 0 aliphatic heterocycles. The van der Waals surface area contributed by atoms with Crippen LogP contribution in [0.4, 0.5) is 5.69 Å². The van der Waals surface area contributed by atoms with Crippen LogP contribution in [0.25, 0.3) is 0 Å². The van der Waals surface area contributed by atoms with Crippen LogP contribution in [0.1, 0.15) is 18.3 Å². The third-order valence-electron chi connectivity index (χ3n) is 3.73. The van der Waals surface area contributed by atoms with Gasteiger partial charge in [0, 0.05) is 18.1 Å². The summed E-state index contributed by atoms with van der Waals surface area (Å²) >= 11 is 5.44. The normalized spacial score (nSPS) is 10.8. The Balaban J connectivity index is 1.75. The van der Waals surface area contributed by atoms with Crippen molar-refractivity contribution in [2.24, 2.45) is 0 Å². The van der Waals surface area contributed by atoms with Crippen LogP contribution in [0.3, 0.4) is 0 Å². The van der Waals surface area contributed by atoms with Crippen LogP contribution in [0, 0.1) is 11.7 Å². The largest absolute Gasteiger partial charge is 0.324 e. The summed E-state index contributed by atoms with van der Waals surface area (Å²) in [5.74, 6) is 0.559. The van der Waals surface area contributed by atoms with Crippen molar-refractivity contribution in [2.75, 3.05) is 5.32 Å². The minimum atomic E-state index is -0.160. The summed E-state index contributed by atoms with van der Waals surface area (Å²) in [6.07, 6.45) is 4.73. The first kappa shape index (κ1) is 16.2. The van der Waals surface area contributed by atoms with E-state index < -0.39 is 0 Å². The molecule has 0 fully saturated rings. The molecule has 1 amide bonds. The molecule has 0 saturated heterocycles. The molecule has 24 heavy (non-hydrogen) atoms. The number of aromatic nitrogens is 4. The van der Waals surface area contributed by atoms with Crippen molar-refractivity contribution in [1.82, 2.24) is 19.1 Å². The maximum Gasteiger partial charge on any atom is 0.246 e. The van der Waals surface area contributed by atoms with Crippen LogP contribution < -0.4 is 5.32 Å². The second-order valence-corrected chi connectivity index (χ2v) is 5.83. The average Bonchev–Trinajstić information content (AvgIpc) is 3.17. The standard InChI is InChI=1S/C17H19N5OS/c1-3-14-6-8-15(9-7-14)18-16(23)12-21-17(24)22(13(2)19-21)20-10-4-5-11-20/h4-11H,3,12H2,1-2H3,(H,18,23). The van der Waals surface area contributed by atoms with Crippen molar-refractivity contribution >= 4 is 23.8 Å². The van der Waals surface area contributed by atoms with Crippen LogP contribution in [0.5, 0.6) is 0 Å². The van der Waals surface area contributed by atoms with Crippen LogP contribution in [-0.2, 0) is 17.8 Å². The van der Waals surface area contributed by atoms with Gasteiger partial charge in [0.2, 0.25) is 10.7 Å². The van der Waals surface area contributed by atoms with Gasteiger partial charge in [-0.3, -0.25) is 9.47 Å². The fourth-order valence-electron chi connectivity index (χ4n) is 2.50. The number of benzene rings is 1. The van der Waals surface area contributed by atoms with Gasteiger partial charge in [-0.1, -0.05) is 19.1 Å². The number of rotatable bonds is 5. The average molecular weight is 341 g/mol. The van der Waals surface area contributed by atoms with Crippen LogP contribution in [0.2, 0.25) is 0 Å². The van der Waals surface area contributed by atoms with Gasteiger partial charge in [-0.25, -0.2) is 9.36 Å². The van der Waals surface area contributed by atoms with Crippen LogP contribution in [0.15, 0.2) is 48.8 Å². The molecular formula is C17H19N5OS. The topological polar surface area (TPSA) is 56.8 Å². The van der Waals surface area contributed by atoms with E-state index in [1.807, 2.05) is 60.4 Å². The van der Waals surface area contributed by atoms with Crippen molar-refractivity contribution in [3.05, 3.63) is 65.0 Å². The van der Waals surface area contributed by atoms with E-state index in [2.05, 4.69) is 17.3 Å². The molecule has 124 valence electrons. The van der Waals surface area contributed by atoms with Gasteiger partial charge in [0.05, 0.1) is 0 Å². The summed E-state index contributed by atoms with van der Waals surface area (Å²) in [5, 5.41) is 7.24. The Kier molecular flexibility index (Phi) is 4.61. The van der Waals surface area contributed by atoms with E-state index in [1.165, 1.54) is 10.2 Å². The van der Waals surface area contributed by atoms with Crippen molar-refractivity contribution < 1.29 is 4.79 Å². The second-order valence-electron chi connectivity index (χ2n) is 5.46. The number of hydrogen-bond donors (Lipinski definition) is 1. The maximum atomic E-state index is 12.3. The molecule has 3 rings (SSSR count). The first-order valence-electron chi connectivity index (χ1n) is 7.77. The molecule has 2 heterocycles.